The summed E-state index contributed by atoms with van der Waals surface area (Å²) >= 11 is 12.1. The molecule has 3 amide bonds. The number of hydrogen-bond acceptors (Lipinski definition) is 5. The average molecular weight is 489 g/mol. The number of anilines is 1. The number of allylic oxidation sites excluding steroid dienone is 2. The molecule has 0 aliphatic heterocycles. The van der Waals surface area contributed by atoms with Crippen molar-refractivity contribution in [2.24, 2.45) is 5.73 Å². The van der Waals surface area contributed by atoms with E-state index in [9.17, 15) is 19.1 Å². The zero-order valence-electron chi connectivity index (χ0n) is 17.8. The number of likely N-dealkylation sites (N-methyl/N-ethyl adjacent to an activating group) is 1. The number of carbonyl (C=O) groups excluding carboxylic acids is 2. The molecule has 33 heavy (non-hydrogen) atoms. The van der Waals surface area contributed by atoms with Crippen molar-refractivity contribution in [1.82, 2.24) is 10.2 Å². The third kappa shape index (κ3) is 4.67. The minimum absolute atomic E-state index is 0.110. The lowest BCUT2D eigenvalue weighted by Crippen LogP contribution is -2.64. The first-order chi connectivity index (χ1) is 15.5. The Labute approximate surface area is 200 Å². The number of nitrogens with one attached hydrogen (secondary N) is 2. The largest absolute Gasteiger partial charge is 0.369 e. The van der Waals surface area contributed by atoms with Gasteiger partial charge < -0.3 is 21.5 Å². The fourth-order valence-corrected chi connectivity index (χ4v) is 4.16. The van der Waals surface area contributed by atoms with E-state index in [0.29, 0.717) is 16.8 Å². The number of alkyl halides is 1. The Bertz CT molecular complexity index is 1190. The van der Waals surface area contributed by atoms with Crippen molar-refractivity contribution in [2.45, 2.75) is 10.6 Å². The number of carbonyl (C=O) groups is 2. The van der Waals surface area contributed by atoms with Crippen LogP contribution in [0.15, 0.2) is 66.8 Å². The summed E-state index contributed by atoms with van der Waals surface area (Å²) in [7, 11) is 3.19. The van der Waals surface area contributed by atoms with Crippen LogP contribution >= 0.6 is 23.8 Å². The van der Waals surface area contributed by atoms with Crippen molar-refractivity contribution in [1.29, 1.82) is 0 Å². The van der Waals surface area contributed by atoms with Crippen LogP contribution in [0, 0.1) is 5.82 Å². The molecule has 3 rings (SSSR count). The van der Waals surface area contributed by atoms with E-state index in [1.54, 1.807) is 50.5 Å². The molecule has 2 atom stereocenters. The number of primary amides is 1. The highest BCUT2D eigenvalue weighted by molar-refractivity contribution is 7.80. The third-order valence-electron chi connectivity index (χ3n) is 5.24. The fraction of sp³-hybridized carbons (Fsp3) is 0.174. The van der Waals surface area contributed by atoms with E-state index in [4.69, 9.17) is 29.6 Å². The average Bonchev–Trinajstić information content (AvgIpc) is 2.75. The van der Waals surface area contributed by atoms with Gasteiger partial charge in [-0.2, -0.15) is 0 Å². The summed E-state index contributed by atoms with van der Waals surface area (Å²) in [6.07, 6.45) is 4.52. The smallest absolute Gasteiger partial charge is 0.317 e. The molecule has 0 spiro atoms. The number of nitrogens with two attached hydrogens (primary N) is 1. The Morgan fingerprint density at radius 3 is 2.42 bits per heavy atom. The molecule has 0 saturated carbocycles. The molecule has 172 valence electrons. The van der Waals surface area contributed by atoms with Gasteiger partial charge in [-0.05, 0) is 50.0 Å². The van der Waals surface area contributed by atoms with Crippen LogP contribution in [0.5, 0.6) is 0 Å². The van der Waals surface area contributed by atoms with E-state index >= 15 is 0 Å². The summed E-state index contributed by atoms with van der Waals surface area (Å²) in [5.41, 5.74) is 4.70. The van der Waals surface area contributed by atoms with Crippen molar-refractivity contribution >= 4 is 52.0 Å². The number of urea groups is 1. The maximum Gasteiger partial charge on any atom is 0.317 e. The highest BCUT2D eigenvalue weighted by Gasteiger charge is 2.53. The molecular weight excluding hydrogens is 467 g/mol. The van der Waals surface area contributed by atoms with Crippen LogP contribution in [0.4, 0.5) is 14.9 Å². The number of para-hydroxylation sites is 1. The molecule has 7 nitrogen and oxygen atoms in total. The van der Waals surface area contributed by atoms with Crippen molar-refractivity contribution in [3.8, 4) is 0 Å². The molecule has 2 aromatic carbocycles. The van der Waals surface area contributed by atoms with Gasteiger partial charge in [0.15, 0.2) is 10.6 Å². The second-order valence-corrected chi connectivity index (χ2v) is 8.57. The minimum Gasteiger partial charge on any atom is -0.369 e. The summed E-state index contributed by atoms with van der Waals surface area (Å²) in [6, 6.07) is 11.5. The topological polar surface area (TPSA) is 108 Å². The van der Waals surface area contributed by atoms with Crippen LogP contribution in [0.1, 0.15) is 15.9 Å². The van der Waals surface area contributed by atoms with E-state index < -0.39 is 28.4 Å². The highest BCUT2D eigenvalue weighted by Crippen LogP contribution is 2.42. The molecule has 1 aliphatic rings. The van der Waals surface area contributed by atoms with E-state index in [1.165, 1.54) is 35.3 Å². The molecule has 10 heteroatoms. The van der Waals surface area contributed by atoms with Gasteiger partial charge >= 0.3 is 6.03 Å². The van der Waals surface area contributed by atoms with Crippen molar-refractivity contribution in [3.05, 3.63) is 83.7 Å². The first-order valence-corrected chi connectivity index (χ1v) is 10.5. The molecule has 2 unspecified atom stereocenters. The normalized spacial score (nSPS) is 21.9. The number of amides is 3. The van der Waals surface area contributed by atoms with Gasteiger partial charge in [0.1, 0.15) is 10.8 Å². The van der Waals surface area contributed by atoms with E-state index in [-0.39, 0.29) is 10.6 Å². The van der Waals surface area contributed by atoms with Crippen molar-refractivity contribution in [2.75, 3.05) is 19.4 Å². The number of aliphatic hydroxyl groups is 1. The van der Waals surface area contributed by atoms with E-state index in [1.807, 2.05) is 0 Å². The fourth-order valence-electron chi connectivity index (χ4n) is 3.45. The van der Waals surface area contributed by atoms with Gasteiger partial charge in [0.2, 0.25) is 0 Å². The monoisotopic (exact) mass is 488 g/mol. The number of halogens is 2. The highest BCUT2D eigenvalue weighted by atomic mass is 35.5. The Hall–Kier alpha value is -3.11. The lowest BCUT2D eigenvalue weighted by molar-refractivity contribution is -0.0453. The summed E-state index contributed by atoms with van der Waals surface area (Å²) in [5, 5.41) is 16.3. The van der Waals surface area contributed by atoms with Gasteiger partial charge in [-0.25, -0.2) is 9.18 Å². The van der Waals surface area contributed by atoms with Crippen molar-refractivity contribution in [3.63, 3.8) is 0 Å². The Morgan fingerprint density at radius 2 is 1.79 bits per heavy atom. The molecule has 0 radical (unpaired) electrons. The van der Waals surface area contributed by atoms with Crippen LogP contribution < -0.4 is 16.4 Å². The lowest BCUT2D eigenvalue weighted by atomic mass is 9.83. The van der Waals surface area contributed by atoms with Gasteiger partial charge in [-0.1, -0.05) is 48.6 Å². The van der Waals surface area contributed by atoms with Gasteiger partial charge in [-0.15, -0.1) is 11.6 Å². The standard InChI is InChI=1S/C23H22ClFN4O3S/c1-29(2)23(32)12-11-14(13-22(23,24)20(33)28-21(26)31)15-7-4-6-10-18(15)27-19(30)16-8-3-5-9-17(16)25/h3-13,32H,1-2H3,(H,27,30)(H3,26,28,31,33). The second kappa shape index (κ2) is 9.40. The van der Waals surface area contributed by atoms with Crippen LogP contribution in [0.2, 0.25) is 0 Å². The van der Waals surface area contributed by atoms with Crippen LogP contribution in [-0.4, -0.2) is 51.6 Å². The predicted octanol–water partition coefficient (Wildman–Crippen LogP) is 3.25. The Balaban J connectivity index is 2.05. The molecular formula is C23H22ClFN4O3S. The maximum atomic E-state index is 14.1. The molecule has 5 N–H and O–H groups in total. The Morgan fingerprint density at radius 1 is 1.15 bits per heavy atom. The first-order valence-electron chi connectivity index (χ1n) is 9.76. The number of thiocarbonyl (C=S) groups is 1. The number of hydrogen-bond donors (Lipinski definition) is 4. The zero-order chi connectivity index (χ0) is 24.4. The third-order valence-corrected chi connectivity index (χ3v) is 6.35. The van der Waals surface area contributed by atoms with Crippen LogP contribution in [-0.2, 0) is 0 Å². The quantitative estimate of drug-likeness (QED) is 0.293. The minimum atomic E-state index is -1.80. The van der Waals surface area contributed by atoms with E-state index in [0.717, 1.165) is 0 Å². The molecule has 0 saturated heterocycles. The predicted molar refractivity (Wildman–Crippen MR) is 130 cm³/mol. The van der Waals surface area contributed by atoms with Crippen LogP contribution in [0.3, 0.4) is 0 Å². The van der Waals surface area contributed by atoms with Gasteiger partial charge in [0, 0.05) is 11.3 Å². The molecule has 0 bridgehead atoms. The number of nitrogens with zero attached hydrogens (tertiary/aromatic N) is 1. The second-order valence-electron chi connectivity index (χ2n) is 7.56. The van der Waals surface area contributed by atoms with Gasteiger partial charge in [-0.3, -0.25) is 9.69 Å². The SMILES string of the molecule is CN(C)C1(O)C=CC(c2ccccc2NC(=O)c2ccccc2F)=CC1(Cl)C(=S)NC(N)=O. The van der Waals surface area contributed by atoms with Crippen LogP contribution in [0.25, 0.3) is 5.57 Å². The summed E-state index contributed by atoms with van der Waals surface area (Å²) in [4.78, 5) is 23.5. The lowest BCUT2D eigenvalue weighted by Gasteiger charge is -2.45. The maximum absolute atomic E-state index is 14.1. The molecule has 0 aromatic heterocycles. The molecule has 0 fully saturated rings. The van der Waals surface area contributed by atoms with Gasteiger partial charge in [0.25, 0.3) is 5.91 Å². The molecule has 1 aliphatic carbocycles. The van der Waals surface area contributed by atoms with Gasteiger partial charge in [0.05, 0.1) is 5.56 Å². The van der Waals surface area contributed by atoms with Crippen molar-refractivity contribution < 1.29 is 19.1 Å². The molecule has 0 heterocycles. The zero-order valence-corrected chi connectivity index (χ0v) is 19.4. The summed E-state index contributed by atoms with van der Waals surface area (Å²) in [6.45, 7) is 0. The first kappa shape index (κ1) is 24.5. The Kier molecular flexibility index (Phi) is 6.99. The summed E-state index contributed by atoms with van der Waals surface area (Å²) in [5.74, 6) is -1.28. The molecule has 2 aromatic rings. The number of rotatable bonds is 5. The summed E-state index contributed by atoms with van der Waals surface area (Å²) < 4.78 is 14.1. The van der Waals surface area contributed by atoms with E-state index in [2.05, 4.69) is 10.6 Å². The number of benzene rings is 2.